The van der Waals surface area contributed by atoms with E-state index in [-0.39, 0.29) is 23.2 Å². The fraction of sp³-hybridized carbons (Fsp3) is 0.278. The number of carbonyl (C=O) groups excluding carboxylic acids is 1. The Balaban J connectivity index is 2.37. The van der Waals surface area contributed by atoms with Crippen LogP contribution in [0.5, 0.6) is 17.2 Å². The van der Waals surface area contributed by atoms with E-state index < -0.39 is 17.7 Å². The minimum absolute atomic E-state index is 0.0369. The number of hydrogen-bond acceptors (Lipinski definition) is 4. The molecule has 8 heteroatoms. The number of carbonyl (C=O) groups is 1. The lowest BCUT2D eigenvalue weighted by molar-refractivity contribution is -0.140. The van der Waals surface area contributed by atoms with Gasteiger partial charge in [0.25, 0.3) is 0 Å². The van der Waals surface area contributed by atoms with Gasteiger partial charge in [0, 0.05) is 10.9 Å². The van der Waals surface area contributed by atoms with Crippen LogP contribution in [0.4, 0.5) is 13.2 Å². The van der Waals surface area contributed by atoms with E-state index >= 15 is 0 Å². The Labute approximate surface area is 157 Å². The van der Waals surface area contributed by atoms with Gasteiger partial charge in [-0.05, 0) is 35.9 Å². The van der Waals surface area contributed by atoms with E-state index in [2.05, 4.69) is 20.7 Å². The van der Waals surface area contributed by atoms with E-state index in [1.165, 1.54) is 20.3 Å². The molecule has 2 aromatic rings. The zero-order valence-electron chi connectivity index (χ0n) is 14.0. The summed E-state index contributed by atoms with van der Waals surface area (Å²) in [5, 5.41) is 0.177. The number of halogens is 4. The average Bonchev–Trinajstić information content (AvgIpc) is 2.61. The van der Waals surface area contributed by atoms with Gasteiger partial charge in [-0.3, -0.25) is 4.79 Å². The van der Waals surface area contributed by atoms with Crippen LogP contribution >= 0.6 is 15.9 Å². The summed E-state index contributed by atoms with van der Waals surface area (Å²) in [5.41, 5.74) is 0.200. The van der Waals surface area contributed by atoms with Gasteiger partial charge in [0.15, 0.2) is 11.5 Å². The highest BCUT2D eigenvalue weighted by molar-refractivity contribution is 9.08. The molecule has 4 nitrogen and oxygen atoms in total. The van der Waals surface area contributed by atoms with Crippen molar-refractivity contribution in [2.75, 3.05) is 14.2 Å². The van der Waals surface area contributed by atoms with Gasteiger partial charge in [-0.15, -0.1) is 0 Å². The van der Waals surface area contributed by atoms with Crippen LogP contribution in [0.3, 0.4) is 0 Å². The Hall–Kier alpha value is -2.22. The molecule has 0 radical (unpaired) electrons. The second kappa shape index (κ2) is 8.44. The first kappa shape index (κ1) is 20.1. The van der Waals surface area contributed by atoms with Crippen molar-refractivity contribution in [3.05, 3.63) is 53.1 Å². The quantitative estimate of drug-likeness (QED) is 0.469. The molecule has 0 aliphatic rings. The van der Waals surface area contributed by atoms with Gasteiger partial charge in [-0.2, -0.15) is 13.2 Å². The molecule has 0 saturated carbocycles. The summed E-state index contributed by atoms with van der Waals surface area (Å²) in [4.78, 5) is 11.4. The summed E-state index contributed by atoms with van der Waals surface area (Å²) < 4.78 is 54.2. The van der Waals surface area contributed by atoms with Gasteiger partial charge in [0.2, 0.25) is 0 Å². The van der Waals surface area contributed by atoms with Gasteiger partial charge in [-0.25, -0.2) is 0 Å². The van der Waals surface area contributed by atoms with Crippen molar-refractivity contribution in [1.29, 1.82) is 0 Å². The van der Waals surface area contributed by atoms with Crippen LogP contribution in [-0.4, -0.2) is 20.2 Å². The SMILES string of the molecule is COC(=O)Cc1ccc(OC)c(Oc2ccc(C(F)(F)F)cc2CBr)c1. The summed E-state index contributed by atoms with van der Waals surface area (Å²) in [6, 6.07) is 8.12. The van der Waals surface area contributed by atoms with Crippen LogP contribution in [0.15, 0.2) is 36.4 Å². The van der Waals surface area contributed by atoms with Crippen molar-refractivity contribution < 1.29 is 32.2 Å². The number of rotatable bonds is 6. The normalized spacial score (nSPS) is 11.2. The Morgan fingerprint density at radius 3 is 2.31 bits per heavy atom. The topological polar surface area (TPSA) is 44.8 Å². The molecule has 140 valence electrons. The van der Waals surface area contributed by atoms with Crippen molar-refractivity contribution in [2.45, 2.75) is 17.9 Å². The summed E-state index contributed by atoms with van der Waals surface area (Å²) >= 11 is 3.17. The van der Waals surface area contributed by atoms with Crippen LogP contribution in [-0.2, 0) is 27.5 Å². The standard InChI is InChI=1S/C18H16BrF3O4/c1-24-15-5-3-11(8-17(23)25-2)7-16(15)26-14-6-4-13(18(20,21)22)9-12(14)10-19/h3-7,9H,8,10H2,1-2H3. The van der Waals surface area contributed by atoms with E-state index in [0.717, 1.165) is 12.1 Å². The maximum Gasteiger partial charge on any atom is 0.416 e. The predicted molar refractivity (Wildman–Crippen MR) is 92.9 cm³/mol. The smallest absolute Gasteiger partial charge is 0.416 e. The van der Waals surface area contributed by atoms with E-state index in [1.54, 1.807) is 18.2 Å². The third kappa shape index (κ3) is 4.91. The van der Waals surface area contributed by atoms with Crippen LogP contribution in [0.25, 0.3) is 0 Å². The monoisotopic (exact) mass is 432 g/mol. The Kier molecular flexibility index (Phi) is 6.52. The summed E-state index contributed by atoms with van der Waals surface area (Å²) in [7, 11) is 2.73. The van der Waals surface area contributed by atoms with E-state index in [1.807, 2.05) is 0 Å². The minimum Gasteiger partial charge on any atom is -0.493 e. The molecule has 26 heavy (non-hydrogen) atoms. The van der Waals surface area contributed by atoms with E-state index in [4.69, 9.17) is 9.47 Å². The molecule has 0 heterocycles. The van der Waals surface area contributed by atoms with Crippen molar-refractivity contribution >= 4 is 21.9 Å². The third-order valence-electron chi connectivity index (χ3n) is 3.56. The zero-order valence-corrected chi connectivity index (χ0v) is 15.6. The highest BCUT2D eigenvalue weighted by atomic mass is 79.9. The Morgan fingerprint density at radius 2 is 1.73 bits per heavy atom. The van der Waals surface area contributed by atoms with Gasteiger partial charge < -0.3 is 14.2 Å². The summed E-state index contributed by atoms with van der Waals surface area (Å²) in [6.45, 7) is 0. The molecule has 0 N–H and O–H groups in total. The first-order chi connectivity index (χ1) is 12.3. The number of ether oxygens (including phenoxy) is 3. The molecule has 0 unspecified atom stereocenters. The van der Waals surface area contributed by atoms with Gasteiger partial charge in [0.05, 0.1) is 26.2 Å². The van der Waals surface area contributed by atoms with Crippen molar-refractivity contribution in [3.63, 3.8) is 0 Å². The van der Waals surface area contributed by atoms with Crippen molar-refractivity contribution in [2.24, 2.45) is 0 Å². The molecule has 2 rings (SSSR count). The highest BCUT2D eigenvalue weighted by Gasteiger charge is 2.31. The minimum atomic E-state index is -4.44. The molecule has 0 aromatic heterocycles. The number of alkyl halides is 4. The molecule has 0 spiro atoms. The molecular weight excluding hydrogens is 417 g/mol. The molecule has 2 aromatic carbocycles. The van der Waals surface area contributed by atoms with E-state index in [0.29, 0.717) is 16.9 Å². The molecule has 0 bridgehead atoms. The summed E-state index contributed by atoms with van der Waals surface area (Å²) in [6.07, 6.45) is -4.40. The van der Waals surface area contributed by atoms with Crippen molar-refractivity contribution in [1.82, 2.24) is 0 Å². The fourth-order valence-electron chi connectivity index (χ4n) is 2.23. The number of hydrogen-bond donors (Lipinski definition) is 0. The molecule has 0 amide bonds. The Bertz CT molecular complexity index is 790. The second-order valence-corrected chi connectivity index (χ2v) is 5.85. The molecule has 0 aliphatic heterocycles. The fourth-order valence-corrected chi connectivity index (χ4v) is 2.67. The maximum absolute atomic E-state index is 12.9. The average molecular weight is 433 g/mol. The molecular formula is C18H16BrF3O4. The zero-order chi connectivity index (χ0) is 19.3. The molecule has 0 aliphatic carbocycles. The molecule has 0 atom stereocenters. The van der Waals surface area contributed by atoms with Gasteiger partial charge in [-0.1, -0.05) is 22.0 Å². The highest BCUT2D eigenvalue weighted by Crippen LogP contribution is 2.38. The van der Waals surface area contributed by atoms with Crippen molar-refractivity contribution in [3.8, 4) is 17.2 Å². The van der Waals surface area contributed by atoms with Crippen LogP contribution < -0.4 is 9.47 Å². The third-order valence-corrected chi connectivity index (χ3v) is 4.16. The predicted octanol–water partition coefficient (Wildman–Crippen LogP) is 5.12. The lowest BCUT2D eigenvalue weighted by Gasteiger charge is -2.15. The summed E-state index contributed by atoms with van der Waals surface area (Å²) in [5.74, 6) is 0.509. The maximum atomic E-state index is 12.9. The largest absolute Gasteiger partial charge is 0.493 e. The lowest BCUT2D eigenvalue weighted by atomic mass is 10.1. The molecule has 0 fully saturated rings. The number of benzene rings is 2. The lowest BCUT2D eigenvalue weighted by Crippen LogP contribution is -2.06. The first-order valence-electron chi connectivity index (χ1n) is 7.46. The van der Waals surface area contributed by atoms with Crippen LogP contribution in [0.1, 0.15) is 16.7 Å². The number of methoxy groups -OCH3 is 2. The van der Waals surface area contributed by atoms with Gasteiger partial charge >= 0.3 is 12.1 Å². The Morgan fingerprint density at radius 1 is 1.04 bits per heavy atom. The van der Waals surface area contributed by atoms with Crippen LogP contribution in [0.2, 0.25) is 0 Å². The van der Waals surface area contributed by atoms with E-state index in [9.17, 15) is 18.0 Å². The van der Waals surface area contributed by atoms with Crippen LogP contribution in [0, 0.1) is 0 Å². The second-order valence-electron chi connectivity index (χ2n) is 5.29. The number of esters is 1. The molecule has 0 saturated heterocycles. The van der Waals surface area contributed by atoms with Gasteiger partial charge in [0.1, 0.15) is 5.75 Å². The first-order valence-corrected chi connectivity index (χ1v) is 8.58.